The van der Waals surface area contributed by atoms with Crippen molar-refractivity contribution in [3.8, 4) is 0 Å². The fourth-order valence-corrected chi connectivity index (χ4v) is 3.10. The minimum Gasteiger partial charge on any atom is -0.391 e. The van der Waals surface area contributed by atoms with Gasteiger partial charge in [-0.05, 0) is 30.1 Å². The van der Waals surface area contributed by atoms with Crippen molar-refractivity contribution < 1.29 is 9.90 Å². The van der Waals surface area contributed by atoms with E-state index in [-0.39, 0.29) is 22.7 Å². The van der Waals surface area contributed by atoms with Crippen molar-refractivity contribution in [2.45, 2.75) is 72.8 Å². The molecule has 0 heterocycles. The minimum absolute atomic E-state index is 0.0915. The Labute approximate surface area is 118 Å². The smallest absolute Gasteiger partial charge is 0.223 e. The molecule has 1 amide bonds. The van der Waals surface area contributed by atoms with Crippen LogP contribution in [0.3, 0.4) is 0 Å². The summed E-state index contributed by atoms with van der Waals surface area (Å²) in [6.45, 7) is 11.0. The van der Waals surface area contributed by atoms with Gasteiger partial charge >= 0.3 is 0 Å². The van der Waals surface area contributed by atoms with Gasteiger partial charge in [-0.1, -0.05) is 47.5 Å². The van der Waals surface area contributed by atoms with Crippen molar-refractivity contribution in [2.24, 2.45) is 16.7 Å². The monoisotopic (exact) mass is 269 g/mol. The number of rotatable bonds is 4. The van der Waals surface area contributed by atoms with E-state index in [0.29, 0.717) is 13.0 Å². The SMILES string of the molecule is CC(C)(C)CC(O)CNC(=O)C1CCCCC1(C)C. The van der Waals surface area contributed by atoms with Gasteiger partial charge in [-0.2, -0.15) is 0 Å². The second kappa shape index (κ2) is 6.25. The van der Waals surface area contributed by atoms with E-state index in [1.165, 1.54) is 6.42 Å². The fraction of sp³-hybridized carbons (Fsp3) is 0.938. The number of carbonyl (C=O) groups excluding carboxylic acids is 1. The van der Waals surface area contributed by atoms with E-state index in [4.69, 9.17) is 0 Å². The summed E-state index contributed by atoms with van der Waals surface area (Å²) in [4.78, 5) is 12.3. The number of amides is 1. The topological polar surface area (TPSA) is 49.3 Å². The first-order valence-corrected chi connectivity index (χ1v) is 7.58. The predicted octanol–water partition coefficient (Wildman–Crippen LogP) is 3.12. The van der Waals surface area contributed by atoms with Gasteiger partial charge in [-0.25, -0.2) is 0 Å². The Hall–Kier alpha value is -0.570. The summed E-state index contributed by atoms with van der Waals surface area (Å²) >= 11 is 0. The minimum atomic E-state index is -0.448. The lowest BCUT2D eigenvalue weighted by Gasteiger charge is -2.37. The van der Waals surface area contributed by atoms with Crippen molar-refractivity contribution >= 4 is 5.91 Å². The van der Waals surface area contributed by atoms with E-state index in [1.807, 2.05) is 0 Å². The van der Waals surface area contributed by atoms with Crippen LogP contribution in [0.1, 0.15) is 66.7 Å². The van der Waals surface area contributed by atoms with E-state index in [1.54, 1.807) is 0 Å². The summed E-state index contributed by atoms with van der Waals surface area (Å²) in [6, 6.07) is 0. The Morgan fingerprint density at radius 3 is 2.53 bits per heavy atom. The molecule has 3 nitrogen and oxygen atoms in total. The van der Waals surface area contributed by atoms with Crippen molar-refractivity contribution in [1.82, 2.24) is 5.32 Å². The third kappa shape index (κ3) is 5.52. The van der Waals surface area contributed by atoms with Gasteiger partial charge in [0.1, 0.15) is 0 Å². The molecular formula is C16H31NO2. The summed E-state index contributed by atoms with van der Waals surface area (Å²) in [5, 5.41) is 12.9. The highest BCUT2D eigenvalue weighted by Crippen LogP contribution is 2.40. The number of aliphatic hydroxyl groups is 1. The summed E-state index contributed by atoms with van der Waals surface area (Å²) in [5.74, 6) is 0.223. The van der Waals surface area contributed by atoms with E-state index in [2.05, 4.69) is 39.9 Å². The standard InChI is InChI=1S/C16H31NO2/c1-15(2,3)10-12(18)11-17-14(19)13-8-6-7-9-16(13,4)5/h12-13,18H,6-11H2,1-5H3,(H,17,19). The number of aliphatic hydroxyl groups excluding tert-OH is 1. The molecule has 2 atom stereocenters. The highest BCUT2D eigenvalue weighted by molar-refractivity contribution is 5.79. The molecule has 0 aliphatic heterocycles. The number of hydrogen-bond acceptors (Lipinski definition) is 2. The van der Waals surface area contributed by atoms with Crippen molar-refractivity contribution in [3.63, 3.8) is 0 Å². The zero-order valence-corrected chi connectivity index (χ0v) is 13.3. The van der Waals surface area contributed by atoms with Crippen LogP contribution >= 0.6 is 0 Å². The Balaban J connectivity index is 2.42. The van der Waals surface area contributed by atoms with Crippen molar-refractivity contribution in [2.75, 3.05) is 6.54 Å². The van der Waals surface area contributed by atoms with Crippen molar-refractivity contribution in [1.29, 1.82) is 0 Å². The Kier molecular flexibility index (Phi) is 5.43. The summed E-state index contributed by atoms with van der Waals surface area (Å²) < 4.78 is 0. The fourth-order valence-electron chi connectivity index (χ4n) is 3.10. The first-order chi connectivity index (χ1) is 8.62. The molecule has 0 aromatic rings. The summed E-state index contributed by atoms with van der Waals surface area (Å²) in [6.07, 6.45) is 4.73. The molecule has 19 heavy (non-hydrogen) atoms. The third-order valence-electron chi connectivity index (χ3n) is 4.18. The molecule has 0 saturated heterocycles. The summed E-state index contributed by atoms with van der Waals surface area (Å²) in [5.41, 5.74) is 0.186. The Bertz CT molecular complexity index is 304. The number of nitrogens with one attached hydrogen (secondary N) is 1. The molecule has 1 rings (SSSR count). The highest BCUT2D eigenvalue weighted by Gasteiger charge is 2.37. The molecule has 0 aromatic heterocycles. The molecule has 0 radical (unpaired) electrons. The van der Waals surface area contributed by atoms with E-state index >= 15 is 0 Å². The van der Waals surface area contributed by atoms with Gasteiger partial charge in [0.25, 0.3) is 0 Å². The second-order valence-electron chi connectivity index (χ2n) is 7.95. The first-order valence-electron chi connectivity index (χ1n) is 7.58. The van der Waals surface area contributed by atoms with E-state index < -0.39 is 6.10 Å². The number of hydrogen-bond donors (Lipinski definition) is 2. The van der Waals surface area contributed by atoms with Gasteiger partial charge in [0.15, 0.2) is 0 Å². The average molecular weight is 269 g/mol. The van der Waals surface area contributed by atoms with E-state index in [9.17, 15) is 9.90 Å². The van der Waals surface area contributed by atoms with Crippen LogP contribution in [0.4, 0.5) is 0 Å². The molecule has 0 aromatic carbocycles. The normalized spacial score (nSPS) is 24.8. The molecule has 3 heteroatoms. The van der Waals surface area contributed by atoms with Crippen LogP contribution in [0.2, 0.25) is 0 Å². The van der Waals surface area contributed by atoms with Crippen LogP contribution in [-0.4, -0.2) is 23.7 Å². The Morgan fingerprint density at radius 1 is 1.37 bits per heavy atom. The molecule has 1 aliphatic carbocycles. The van der Waals surface area contributed by atoms with Gasteiger partial charge < -0.3 is 10.4 Å². The van der Waals surface area contributed by atoms with Gasteiger partial charge in [0.05, 0.1) is 6.10 Å². The molecule has 2 N–H and O–H groups in total. The van der Waals surface area contributed by atoms with Crippen molar-refractivity contribution in [3.05, 3.63) is 0 Å². The Morgan fingerprint density at radius 2 is 2.00 bits per heavy atom. The van der Waals surface area contributed by atoms with Crippen LogP contribution in [0.25, 0.3) is 0 Å². The predicted molar refractivity (Wildman–Crippen MR) is 78.8 cm³/mol. The molecule has 1 aliphatic rings. The zero-order valence-electron chi connectivity index (χ0n) is 13.3. The summed E-state index contributed by atoms with van der Waals surface area (Å²) in [7, 11) is 0. The molecule has 0 spiro atoms. The van der Waals surface area contributed by atoms with Crippen LogP contribution in [0, 0.1) is 16.7 Å². The van der Waals surface area contributed by atoms with Crippen LogP contribution in [0.15, 0.2) is 0 Å². The lowest BCUT2D eigenvalue weighted by molar-refractivity contribution is -0.130. The lowest BCUT2D eigenvalue weighted by Crippen LogP contribution is -2.43. The lowest BCUT2D eigenvalue weighted by atomic mass is 9.68. The zero-order chi connectivity index (χ0) is 14.7. The van der Waals surface area contributed by atoms with Gasteiger partial charge in [-0.3, -0.25) is 4.79 Å². The second-order valence-corrected chi connectivity index (χ2v) is 7.95. The maximum atomic E-state index is 12.3. The van der Waals surface area contributed by atoms with Crippen LogP contribution in [0.5, 0.6) is 0 Å². The largest absolute Gasteiger partial charge is 0.391 e. The van der Waals surface area contributed by atoms with E-state index in [0.717, 1.165) is 19.3 Å². The average Bonchev–Trinajstić information content (AvgIpc) is 2.23. The molecular weight excluding hydrogens is 238 g/mol. The quantitative estimate of drug-likeness (QED) is 0.824. The molecule has 2 unspecified atom stereocenters. The van der Waals surface area contributed by atoms with Crippen LogP contribution < -0.4 is 5.32 Å². The van der Waals surface area contributed by atoms with Gasteiger partial charge in [-0.15, -0.1) is 0 Å². The molecule has 0 bridgehead atoms. The molecule has 112 valence electrons. The number of carbonyl (C=O) groups is 1. The molecule has 1 saturated carbocycles. The molecule has 1 fully saturated rings. The van der Waals surface area contributed by atoms with Crippen LogP contribution in [-0.2, 0) is 4.79 Å². The maximum Gasteiger partial charge on any atom is 0.223 e. The first kappa shape index (κ1) is 16.5. The highest BCUT2D eigenvalue weighted by atomic mass is 16.3. The van der Waals surface area contributed by atoms with Gasteiger partial charge in [0, 0.05) is 12.5 Å². The van der Waals surface area contributed by atoms with Gasteiger partial charge in [0.2, 0.25) is 5.91 Å². The third-order valence-corrected chi connectivity index (χ3v) is 4.18. The maximum absolute atomic E-state index is 12.3.